The third-order valence-corrected chi connectivity index (χ3v) is 2.97. The van der Waals surface area contributed by atoms with Crippen LogP contribution >= 0.6 is 0 Å². The predicted molar refractivity (Wildman–Crippen MR) is 88.3 cm³/mol. The summed E-state index contributed by atoms with van der Waals surface area (Å²) in [5.41, 5.74) is 0.815. The van der Waals surface area contributed by atoms with Gasteiger partial charge in [0.15, 0.2) is 6.61 Å². The molecular formula is C17H13N3O4. The van der Waals surface area contributed by atoms with Gasteiger partial charge in [-0.15, -0.1) is 0 Å². The van der Waals surface area contributed by atoms with Gasteiger partial charge in [-0.25, -0.2) is 0 Å². The fourth-order valence-electron chi connectivity index (χ4n) is 1.89. The van der Waals surface area contributed by atoms with Crippen LogP contribution in [0.4, 0.5) is 11.4 Å². The van der Waals surface area contributed by atoms with Crippen LogP contribution in [0.5, 0.6) is 5.75 Å². The molecule has 0 atom stereocenters. The minimum absolute atomic E-state index is 0.0513. The van der Waals surface area contributed by atoms with Gasteiger partial charge >= 0.3 is 0 Å². The minimum atomic E-state index is -0.502. The van der Waals surface area contributed by atoms with E-state index in [4.69, 9.17) is 10.00 Å². The van der Waals surface area contributed by atoms with Gasteiger partial charge in [-0.1, -0.05) is 12.1 Å². The largest absolute Gasteiger partial charge is 0.479 e. The Bertz CT molecular complexity index is 807. The summed E-state index contributed by atoms with van der Waals surface area (Å²) in [7, 11) is 0. The molecule has 2 aromatic rings. The summed E-state index contributed by atoms with van der Waals surface area (Å²) < 4.78 is 5.10. The van der Waals surface area contributed by atoms with Crippen LogP contribution in [0.3, 0.4) is 0 Å². The highest BCUT2D eigenvalue weighted by molar-refractivity contribution is 6.02. The maximum absolute atomic E-state index is 11.9. The van der Waals surface area contributed by atoms with Gasteiger partial charge in [-0.05, 0) is 36.4 Å². The molecular weight excluding hydrogens is 310 g/mol. The molecule has 2 aromatic carbocycles. The summed E-state index contributed by atoms with van der Waals surface area (Å²) in [6.07, 6.45) is 2.61. The molecule has 24 heavy (non-hydrogen) atoms. The summed E-state index contributed by atoms with van der Waals surface area (Å²) in [6, 6.07) is 14.5. The number of nitro groups is 1. The summed E-state index contributed by atoms with van der Waals surface area (Å²) in [4.78, 5) is 22.3. The maximum atomic E-state index is 11.9. The lowest BCUT2D eigenvalue weighted by Gasteiger charge is -2.04. The van der Waals surface area contributed by atoms with E-state index in [1.807, 2.05) is 6.07 Å². The van der Waals surface area contributed by atoms with Crippen molar-refractivity contribution in [1.29, 1.82) is 5.26 Å². The number of nitro benzene ring substituents is 1. The third-order valence-electron chi connectivity index (χ3n) is 2.97. The second kappa shape index (κ2) is 8.10. The van der Waals surface area contributed by atoms with Gasteiger partial charge in [-0.3, -0.25) is 14.9 Å². The zero-order chi connectivity index (χ0) is 17.4. The summed E-state index contributed by atoms with van der Waals surface area (Å²) in [5.74, 6) is 0.101. The molecule has 120 valence electrons. The van der Waals surface area contributed by atoms with Gasteiger partial charge in [0.2, 0.25) is 5.91 Å². The Balaban J connectivity index is 2.01. The Labute approximate surface area is 137 Å². The minimum Gasteiger partial charge on any atom is -0.479 e. The van der Waals surface area contributed by atoms with Crippen molar-refractivity contribution in [2.45, 2.75) is 0 Å². The van der Waals surface area contributed by atoms with E-state index in [9.17, 15) is 14.9 Å². The van der Waals surface area contributed by atoms with Crippen molar-refractivity contribution in [2.24, 2.45) is 0 Å². The number of nitrogens with zero attached hydrogens (tertiary/aromatic N) is 2. The number of carbonyl (C=O) groups is 1. The highest BCUT2D eigenvalue weighted by atomic mass is 16.6. The summed E-state index contributed by atoms with van der Waals surface area (Å²) in [5, 5.41) is 22.0. The van der Waals surface area contributed by atoms with Gasteiger partial charge in [0.1, 0.15) is 11.8 Å². The number of hydrogen-bond acceptors (Lipinski definition) is 5. The molecule has 0 spiro atoms. The second-order valence-electron chi connectivity index (χ2n) is 4.61. The highest BCUT2D eigenvalue weighted by Crippen LogP contribution is 2.19. The molecule has 1 N–H and O–H groups in total. The van der Waals surface area contributed by atoms with Gasteiger partial charge < -0.3 is 10.1 Å². The lowest BCUT2D eigenvalue weighted by atomic mass is 10.1. The number of rotatable bonds is 6. The molecule has 7 nitrogen and oxygen atoms in total. The fourth-order valence-corrected chi connectivity index (χ4v) is 1.89. The average molecular weight is 323 g/mol. The van der Waals surface area contributed by atoms with E-state index >= 15 is 0 Å². The quantitative estimate of drug-likeness (QED) is 0.499. The van der Waals surface area contributed by atoms with Crippen LogP contribution in [0.25, 0.3) is 6.08 Å². The number of anilines is 1. The number of benzene rings is 2. The van der Waals surface area contributed by atoms with Crippen molar-refractivity contribution in [3.63, 3.8) is 0 Å². The first-order valence-corrected chi connectivity index (χ1v) is 6.92. The van der Waals surface area contributed by atoms with E-state index in [0.29, 0.717) is 17.0 Å². The van der Waals surface area contributed by atoms with Crippen molar-refractivity contribution in [2.75, 3.05) is 11.9 Å². The van der Waals surface area contributed by atoms with Crippen LogP contribution in [0.1, 0.15) is 5.56 Å². The Morgan fingerprint density at radius 1 is 1.25 bits per heavy atom. The first kappa shape index (κ1) is 16.7. The standard InChI is InChI=1S/C17H13N3O4/c18-11-12-24-15-8-6-14(7-9-15)19-17(21)10-5-13-3-1-2-4-16(13)20(22)23/h1-10H,12H2,(H,19,21)/b10-5+. The molecule has 0 aliphatic rings. The second-order valence-corrected chi connectivity index (χ2v) is 4.61. The predicted octanol–water partition coefficient (Wildman–Crippen LogP) is 3.15. The lowest BCUT2D eigenvalue weighted by Crippen LogP contribution is -2.07. The Hall–Kier alpha value is -3.66. The SMILES string of the molecule is N#CCOc1ccc(NC(=O)/C=C/c2ccccc2[N+](=O)[O-])cc1. The molecule has 0 aliphatic carbocycles. The number of hydrogen-bond donors (Lipinski definition) is 1. The van der Waals surface area contributed by atoms with Crippen molar-refractivity contribution >= 4 is 23.4 Å². The molecule has 0 bridgehead atoms. The average Bonchev–Trinajstić information content (AvgIpc) is 2.59. The zero-order valence-corrected chi connectivity index (χ0v) is 12.5. The molecule has 1 amide bonds. The molecule has 0 aliphatic heterocycles. The first-order valence-electron chi connectivity index (χ1n) is 6.92. The molecule has 2 rings (SSSR count). The maximum Gasteiger partial charge on any atom is 0.276 e. The number of nitrogens with one attached hydrogen (secondary N) is 1. The van der Waals surface area contributed by atoms with Crippen LogP contribution in [0.2, 0.25) is 0 Å². The molecule has 0 unspecified atom stereocenters. The van der Waals surface area contributed by atoms with Crippen molar-refractivity contribution < 1.29 is 14.5 Å². The number of ether oxygens (including phenoxy) is 1. The van der Waals surface area contributed by atoms with Crippen LogP contribution in [-0.2, 0) is 4.79 Å². The van der Waals surface area contributed by atoms with Crippen molar-refractivity contribution in [3.8, 4) is 11.8 Å². The van der Waals surface area contributed by atoms with Gasteiger partial charge in [0.05, 0.1) is 10.5 Å². The highest BCUT2D eigenvalue weighted by Gasteiger charge is 2.09. The topological polar surface area (TPSA) is 105 Å². The van der Waals surface area contributed by atoms with E-state index < -0.39 is 10.8 Å². The zero-order valence-electron chi connectivity index (χ0n) is 12.5. The smallest absolute Gasteiger partial charge is 0.276 e. The third kappa shape index (κ3) is 4.68. The monoisotopic (exact) mass is 323 g/mol. The number of carbonyl (C=O) groups excluding carboxylic acids is 1. The van der Waals surface area contributed by atoms with Crippen LogP contribution in [0.15, 0.2) is 54.6 Å². The number of nitriles is 1. The van der Waals surface area contributed by atoms with Crippen molar-refractivity contribution in [3.05, 3.63) is 70.3 Å². The summed E-state index contributed by atoms with van der Waals surface area (Å²) in [6.45, 7) is -0.0513. The van der Waals surface area contributed by atoms with Crippen LogP contribution in [0, 0.1) is 21.4 Å². The van der Waals surface area contributed by atoms with Crippen LogP contribution in [-0.4, -0.2) is 17.4 Å². The number of amides is 1. The van der Waals surface area contributed by atoms with Gasteiger partial charge in [0.25, 0.3) is 5.69 Å². The van der Waals surface area contributed by atoms with E-state index in [1.54, 1.807) is 42.5 Å². The Morgan fingerprint density at radius 2 is 1.96 bits per heavy atom. The Morgan fingerprint density at radius 3 is 2.62 bits per heavy atom. The molecule has 0 radical (unpaired) electrons. The molecule has 0 saturated carbocycles. The molecule has 7 heteroatoms. The van der Waals surface area contributed by atoms with E-state index in [1.165, 1.54) is 18.2 Å². The molecule has 0 saturated heterocycles. The van der Waals surface area contributed by atoms with E-state index in [-0.39, 0.29) is 12.3 Å². The van der Waals surface area contributed by atoms with E-state index in [2.05, 4.69) is 5.32 Å². The normalized spacial score (nSPS) is 10.1. The molecule has 0 fully saturated rings. The fraction of sp³-hybridized carbons (Fsp3) is 0.0588. The van der Waals surface area contributed by atoms with Crippen LogP contribution < -0.4 is 10.1 Å². The van der Waals surface area contributed by atoms with Gasteiger partial charge in [0, 0.05) is 17.8 Å². The van der Waals surface area contributed by atoms with Gasteiger partial charge in [-0.2, -0.15) is 5.26 Å². The summed E-state index contributed by atoms with van der Waals surface area (Å²) >= 11 is 0. The number of para-hydroxylation sites is 1. The molecule has 0 aromatic heterocycles. The molecule has 0 heterocycles. The first-order chi connectivity index (χ1) is 11.6. The lowest BCUT2D eigenvalue weighted by molar-refractivity contribution is -0.385. The van der Waals surface area contributed by atoms with E-state index in [0.717, 1.165) is 0 Å². The van der Waals surface area contributed by atoms with Crippen molar-refractivity contribution in [1.82, 2.24) is 0 Å². The Kier molecular flexibility index (Phi) is 5.64.